The van der Waals surface area contributed by atoms with E-state index >= 15 is 0 Å². The van der Waals surface area contributed by atoms with Gasteiger partial charge < -0.3 is 5.73 Å². The average Bonchev–Trinajstić information content (AvgIpc) is 2.89. The second-order valence-corrected chi connectivity index (χ2v) is 6.87. The summed E-state index contributed by atoms with van der Waals surface area (Å²) in [6.07, 6.45) is 9.09. The highest BCUT2D eigenvalue weighted by atomic mass is 32.2. The summed E-state index contributed by atoms with van der Waals surface area (Å²) < 4.78 is 13.5. The third kappa shape index (κ3) is 2.75. The van der Waals surface area contributed by atoms with Gasteiger partial charge in [0.15, 0.2) is 0 Å². The minimum atomic E-state index is -0.655. The van der Waals surface area contributed by atoms with Crippen LogP contribution in [0, 0.1) is 5.92 Å². The van der Waals surface area contributed by atoms with Crippen LogP contribution >= 0.6 is 0 Å². The Hall–Kier alpha value is -1.69. The zero-order chi connectivity index (χ0) is 13.9. The van der Waals surface area contributed by atoms with Gasteiger partial charge in [0, 0.05) is 40.9 Å². The van der Waals surface area contributed by atoms with Crippen molar-refractivity contribution < 1.29 is 4.21 Å². The molecule has 6 heteroatoms. The van der Waals surface area contributed by atoms with E-state index in [1.165, 1.54) is 0 Å². The maximum atomic E-state index is 11.6. The van der Waals surface area contributed by atoms with Gasteiger partial charge in [-0.3, -0.25) is 13.9 Å². The average molecular weight is 290 g/mol. The molecule has 0 radical (unpaired) electrons. The minimum absolute atomic E-state index is 0.123. The van der Waals surface area contributed by atoms with Gasteiger partial charge in [0.25, 0.3) is 0 Å². The third-order valence-electron chi connectivity index (χ3n) is 3.81. The van der Waals surface area contributed by atoms with E-state index in [1.807, 2.05) is 23.1 Å². The van der Waals surface area contributed by atoms with Gasteiger partial charge in [-0.25, -0.2) is 0 Å². The number of hydrogen-bond acceptors (Lipinski definition) is 4. The Morgan fingerprint density at radius 3 is 2.75 bits per heavy atom. The third-order valence-corrected chi connectivity index (χ3v) is 5.19. The van der Waals surface area contributed by atoms with Crippen molar-refractivity contribution >= 4 is 16.5 Å². The van der Waals surface area contributed by atoms with Gasteiger partial charge in [-0.05, 0) is 30.4 Å². The molecular weight excluding hydrogens is 272 g/mol. The van der Waals surface area contributed by atoms with E-state index in [9.17, 15) is 4.21 Å². The molecule has 2 N–H and O–H groups in total. The van der Waals surface area contributed by atoms with Gasteiger partial charge in [-0.2, -0.15) is 5.10 Å². The summed E-state index contributed by atoms with van der Waals surface area (Å²) in [6, 6.07) is 4.13. The number of nitrogens with two attached hydrogens (primary N) is 1. The van der Waals surface area contributed by atoms with Gasteiger partial charge in [0.05, 0.1) is 17.9 Å². The van der Waals surface area contributed by atoms with Crippen LogP contribution in [0.4, 0.5) is 5.69 Å². The number of rotatable bonds is 3. The summed E-state index contributed by atoms with van der Waals surface area (Å²) in [6.45, 7) is 0. The molecule has 1 fully saturated rings. The molecule has 106 valence electrons. The van der Waals surface area contributed by atoms with Crippen LogP contribution in [0.5, 0.6) is 0 Å². The molecule has 2 aromatic rings. The standard InChI is InChI=1S/C14H18N4OS/c15-13-9-17-18(10-13)14(12-2-1-5-16-8-12)11-3-6-20(19)7-4-11/h1-2,5,8-11,14H,3-4,6-7,15H2. The monoisotopic (exact) mass is 290 g/mol. The lowest BCUT2D eigenvalue weighted by molar-refractivity contribution is 0.329. The van der Waals surface area contributed by atoms with E-state index in [1.54, 1.807) is 12.4 Å². The van der Waals surface area contributed by atoms with Crippen molar-refractivity contribution in [3.05, 3.63) is 42.5 Å². The minimum Gasteiger partial charge on any atom is -0.396 e. The second-order valence-electron chi connectivity index (χ2n) is 5.17. The fourth-order valence-corrected chi connectivity index (χ4v) is 4.16. The van der Waals surface area contributed by atoms with E-state index in [0.29, 0.717) is 11.6 Å². The molecule has 1 aliphatic rings. The van der Waals surface area contributed by atoms with Crippen molar-refractivity contribution in [1.29, 1.82) is 0 Å². The second kappa shape index (κ2) is 5.75. The number of nitrogen functional groups attached to an aromatic ring is 1. The Balaban J connectivity index is 1.93. The van der Waals surface area contributed by atoms with E-state index in [0.717, 1.165) is 29.9 Å². The SMILES string of the molecule is Nc1cnn(C(c2cccnc2)C2CCS(=O)CC2)c1. The molecule has 5 nitrogen and oxygen atoms in total. The molecule has 3 heterocycles. The van der Waals surface area contributed by atoms with Crippen molar-refractivity contribution in [2.45, 2.75) is 18.9 Å². The first-order valence-electron chi connectivity index (χ1n) is 6.78. The van der Waals surface area contributed by atoms with Crippen LogP contribution in [0.3, 0.4) is 0 Å². The molecule has 1 saturated heterocycles. The van der Waals surface area contributed by atoms with E-state index in [2.05, 4.69) is 16.1 Å². The van der Waals surface area contributed by atoms with Crippen LogP contribution in [-0.4, -0.2) is 30.5 Å². The molecule has 2 aromatic heterocycles. The molecule has 0 saturated carbocycles. The molecule has 0 aliphatic carbocycles. The number of hydrogen-bond donors (Lipinski definition) is 1. The van der Waals surface area contributed by atoms with E-state index in [-0.39, 0.29) is 6.04 Å². The highest BCUT2D eigenvalue weighted by Gasteiger charge is 2.29. The predicted octanol–water partition coefficient (Wildman–Crippen LogP) is 1.61. The van der Waals surface area contributed by atoms with Gasteiger partial charge in [0.2, 0.25) is 0 Å². The molecule has 3 rings (SSSR count). The molecule has 0 spiro atoms. The van der Waals surface area contributed by atoms with E-state index < -0.39 is 10.8 Å². The number of aromatic nitrogens is 3. The molecule has 0 amide bonds. The summed E-state index contributed by atoms with van der Waals surface area (Å²) in [5.41, 5.74) is 7.60. The summed E-state index contributed by atoms with van der Waals surface area (Å²) in [4.78, 5) is 4.22. The van der Waals surface area contributed by atoms with Crippen molar-refractivity contribution in [2.24, 2.45) is 5.92 Å². The first-order valence-corrected chi connectivity index (χ1v) is 8.27. The van der Waals surface area contributed by atoms with Gasteiger partial charge >= 0.3 is 0 Å². The van der Waals surface area contributed by atoms with E-state index in [4.69, 9.17) is 5.73 Å². The number of nitrogens with zero attached hydrogens (tertiary/aromatic N) is 3. The smallest absolute Gasteiger partial charge is 0.0812 e. The van der Waals surface area contributed by atoms with Crippen LogP contribution in [0.25, 0.3) is 0 Å². The van der Waals surface area contributed by atoms with Gasteiger partial charge in [-0.15, -0.1) is 0 Å². The Morgan fingerprint density at radius 2 is 2.15 bits per heavy atom. The van der Waals surface area contributed by atoms with Crippen LogP contribution in [0.2, 0.25) is 0 Å². The first-order chi connectivity index (χ1) is 9.74. The largest absolute Gasteiger partial charge is 0.396 e. The Labute approximate surface area is 120 Å². The fourth-order valence-electron chi connectivity index (χ4n) is 2.82. The van der Waals surface area contributed by atoms with Gasteiger partial charge in [0.1, 0.15) is 0 Å². The van der Waals surface area contributed by atoms with Gasteiger partial charge in [-0.1, -0.05) is 6.07 Å². The normalized spacial score (nSPS) is 24.4. The fraction of sp³-hybridized carbons (Fsp3) is 0.429. The molecule has 1 atom stereocenters. The predicted molar refractivity (Wildman–Crippen MR) is 79.6 cm³/mol. The molecule has 20 heavy (non-hydrogen) atoms. The molecule has 0 bridgehead atoms. The topological polar surface area (TPSA) is 73.8 Å². The molecule has 1 aliphatic heterocycles. The summed E-state index contributed by atoms with van der Waals surface area (Å²) in [5.74, 6) is 1.98. The molecule has 1 unspecified atom stereocenters. The zero-order valence-corrected chi connectivity index (χ0v) is 12.0. The number of pyridine rings is 1. The van der Waals surface area contributed by atoms with Crippen molar-refractivity contribution in [2.75, 3.05) is 17.2 Å². The maximum Gasteiger partial charge on any atom is 0.0812 e. The van der Waals surface area contributed by atoms with Crippen LogP contribution < -0.4 is 5.73 Å². The summed E-state index contributed by atoms with van der Waals surface area (Å²) in [7, 11) is -0.655. The Morgan fingerprint density at radius 1 is 1.35 bits per heavy atom. The quantitative estimate of drug-likeness (QED) is 0.932. The number of anilines is 1. The molecular formula is C14H18N4OS. The zero-order valence-electron chi connectivity index (χ0n) is 11.2. The summed E-state index contributed by atoms with van der Waals surface area (Å²) >= 11 is 0. The van der Waals surface area contributed by atoms with Crippen LogP contribution in [-0.2, 0) is 10.8 Å². The first kappa shape index (κ1) is 13.3. The maximum absolute atomic E-state index is 11.6. The lowest BCUT2D eigenvalue weighted by Crippen LogP contribution is -2.28. The Bertz CT molecular complexity index is 588. The van der Waals surface area contributed by atoms with Crippen molar-refractivity contribution in [3.8, 4) is 0 Å². The van der Waals surface area contributed by atoms with Crippen LogP contribution in [0.15, 0.2) is 36.9 Å². The van der Waals surface area contributed by atoms with Crippen LogP contribution in [0.1, 0.15) is 24.4 Å². The lowest BCUT2D eigenvalue weighted by atomic mass is 9.89. The Kier molecular flexibility index (Phi) is 3.82. The van der Waals surface area contributed by atoms with Crippen molar-refractivity contribution in [1.82, 2.24) is 14.8 Å². The molecule has 0 aromatic carbocycles. The lowest BCUT2D eigenvalue weighted by Gasteiger charge is -2.30. The van der Waals surface area contributed by atoms with Crippen molar-refractivity contribution in [3.63, 3.8) is 0 Å². The highest BCUT2D eigenvalue weighted by Crippen LogP contribution is 2.33. The highest BCUT2D eigenvalue weighted by molar-refractivity contribution is 7.85. The summed E-state index contributed by atoms with van der Waals surface area (Å²) in [5, 5.41) is 4.37.